The topological polar surface area (TPSA) is 30.7 Å². The molecule has 3 rings (SSSR count). The van der Waals surface area contributed by atoms with Gasteiger partial charge in [0.1, 0.15) is 5.82 Å². The van der Waals surface area contributed by atoms with Crippen LogP contribution in [0.1, 0.15) is 17.1 Å². The number of halogens is 2. The molecule has 0 N–H and O–H groups in total. The van der Waals surface area contributed by atoms with Gasteiger partial charge in [-0.05, 0) is 36.8 Å². The van der Waals surface area contributed by atoms with Crippen molar-refractivity contribution in [1.29, 1.82) is 0 Å². The van der Waals surface area contributed by atoms with Gasteiger partial charge < -0.3 is 4.57 Å². The lowest BCUT2D eigenvalue weighted by Gasteiger charge is -2.09. The second-order valence-electron chi connectivity index (χ2n) is 4.65. The maximum atomic E-state index is 6.01. The van der Waals surface area contributed by atoms with Crippen LogP contribution in [-0.2, 0) is 12.4 Å². The molecule has 0 atom stereocenters. The first-order valence-corrected chi connectivity index (χ1v) is 7.21. The summed E-state index contributed by atoms with van der Waals surface area (Å²) in [6.45, 7) is 2.71. The van der Waals surface area contributed by atoms with E-state index in [1.54, 1.807) is 6.20 Å². The molecule has 0 aliphatic heterocycles. The monoisotopic (exact) mass is 305 g/mol. The molecule has 3 aromatic rings. The number of rotatable bonds is 3. The minimum atomic E-state index is 0.359. The number of pyridine rings is 1. The molecular formula is C15H13Cl2N3. The largest absolute Gasteiger partial charge is 0.321 e. The average Bonchev–Trinajstić information content (AvgIpc) is 2.78. The second-order valence-corrected chi connectivity index (χ2v) is 5.35. The summed E-state index contributed by atoms with van der Waals surface area (Å²) in [4.78, 5) is 8.97. The van der Waals surface area contributed by atoms with Gasteiger partial charge in [0.2, 0.25) is 0 Å². The zero-order valence-electron chi connectivity index (χ0n) is 11.0. The molecule has 20 heavy (non-hydrogen) atoms. The molecule has 0 bridgehead atoms. The lowest BCUT2D eigenvalue weighted by Crippen LogP contribution is -2.06. The molecular weight excluding hydrogens is 293 g/mol. The van der Waals surface area contributed by atoms with E-state index in [1.807, 2.05) is 24.3 Å². The fourth-order valence-corrected chi connectivity index (χ4v) is 2.64. The van der Waals surface area contributed by atoms with Gasteiger partial charge in [-0.15, -0.1) is 11.6 Å². The first-order chi connectivity index (χ1) is 9.69. The summed E-state index contributed by atoms with van der Waals surface area (Å²) in [7, 11) is 0. The van der Waals surface area contributed by atoms with Crippen LogP contribution in [-0.4, -0.2) is 14.5 Å². The fourth-order valence-electron chi connectivity index (χ4n) is 2.26. The van der Waals surface area contributed by atoms with Gasteiger partial charge in [0.25, 0.3) is 0 Å². The van der Waals surface area contributed by atoms with Gasteiger partial charge >= 0.3 is 0 Å². The van der Waals surface area contributed by atoms with Crippen LogP contribution in [0.3, 0.4) is 0 Å². The normalized spacial score (nSPS) is 11.2. The van der Waals surface area contributed by atoms with Crippen LogP contribution in [0.25, 0.3) is 11.0 Å². The van der Waals surface area contributed by atoms with E-state index in [4.69, 9.17) is 23.2 Å². The molecule has 0 fully saturated rings. The second kappa shape index (κ2) is 5.43. The molecule has 3 nitrogen and oxygen atoms in total. The highest BCUT2D eigenvalue weighted by molar-refractivity contribution is 6.31. The van der Waals surface area contributed by atoms with Crippen molar-refractivity contribution in [2.24, 2.45) is 0 Å². The third-order valence-corrected chi connectivity index (χ3v) is 3.81. The third kappa shape index (κ3) is 2.39. The van der Waals surface area contributed by atoms with Crippen LogP contribution >= 0.6 is 23.2 Å². The Bertz CT molecular complexity index is 765. The molecule has 0 unspecified atom stereocenters. The van der Waals surface area contributed by atoms with Crippen LogP contribution in [0, 0.1) is 6.92 Å². The van der Waals surface area contributed by atoms with Crippen LogP contribution in [0.15, 0.2) is 36.5 Å². The summed E-state index contributed by atoms with van der Waals surface area (Å²) in [5.41, 5.74) is 4.06. The molecule has 2 heterocycles. The maximum Gasteiger partial charge on any atom is 0.125 e. The highest BCUT2D eigenvalue weighted by atomic mass is 35.5. The van der Waals surface area contributed by atoms with Crippen molar-refractivity contribution in [1.82, 2.24) is 14.5 Å². The molecule has 0 saturated carbocycles. The molecule has 0 radical (unpaired) electrons. The molecule has 0 amide bonds. The van der Waals surface area contributed by atoms with Gasteiger partial charge in [-0.25, -0.2) is 4.98 Å². The Balaban J connectivity index is 2.12. The van der Waals surface area contributed by atoms with E-state index in [9.17, 15) is 0 Å². The highest BCUT2D eigenvalue weighted by Gasteiger charge is 2.12. The van der Waals surface area contributed by atoms with E-state index in [1.165, 1.54) is 0 Å². The Morgan fingerprint density at radius 3 is 2.85 bits per heavy atom. The van der Waals surface area contributed by atoms with E-state index < -0.39 is 0 Å². The lowest BCUT2D eigenvalue weighted by molar-refractivity contribution is 0.752. The van der Waals surface area contributed by atoms with E-state index in [0.717, 1.165) is 28.1 Å². The quantitative estimate of drug-likeness (QED) is 0.680. The number of nitrogens with zero attached hydrogens (tertiary/aromatic N) is 3. The number of aromatic nitrogens is 3. The SMILES string of the molecule is Cc1cccnc1Cn1c(CCl)nc2cc(Cl)ccc21. The van der Waals surface area contributed by atoms with Gasteiger partial charge in [-0.1, -0.05) is 17.7 Å². The molecule has 0 aliphatic carbocycles. The van der Waals surface area contributed by atoms with Crippen molar-refractivity contribution in [3.63, 3.8) is 0 Å². The molecule has 0 spiro atoms. The predicted molar refractivity (Wildman–Crippen MR) is 82.4 cm³/mol. The van der Waals surface area contributed by atoms with Gasteiger partial charge in [-0.3, -0.25) is 4.98 Å². The summed E-state index contributed by atoms with van der Waals surface area (Å²) >= 11 is 12.0. The Kier molecular flexibility index (Phi) is 3.64. The number of imidazole rings is 1. The summed E-state index contributed by atoms with van der Waals surface area (Å²) < 4.78 is 2.09. The van der Waals surface area contributed by atoms with E-state index in [-0.39, 0.29) is 0 Å². The number of fused-ring (bicyclic) bond motifs is 1. The first-order valence-electron chi connectivity index (χ1n) is 6.30. The van der Waals surface area contributed by atoms with E-state index in [2.05, 4.69) is 27.5 Å². The average molecular weight is 306 g/mol. The van der Waals surface area contributed by atoms with Crippen molar-refractivity contribution in [2.75, 3.05) is 0 Å². The van der Waals surface area contributed by atoms with Crippen molar-refractivity contribution < 1.29 is 0 Å². The molecule has 0 aliphatic rings. The van der Waals surface area contributed by atoms with Gasteiger partial charge in [0.05, 0.1) is 29.2 Å². The fraction of sp³-hybridized carbons (Fsp3) is 0.200. The Morgan fingerprint density at radius 2 is 2.10 bits per heavy atom. The number of benzene rings is 1. The Labute approximate surface area is 127 Å². The van der Waals surface area contributed by atoms with Gasteiger partial charge in [-0.2, -0.15) is 0 Å². The highest BCUT2D eigenvalue weighted by Crippen LogP contribution is 2.22. The van der Waals surface area contributed by atoms with Crippen molar-refractivity contribution in [3.05, 3.63) is 58.6 Å². The zero-order chi connectivity index (χ0) is 14.1. The Morgan fingerprint density at radius 1 is 1.25 bits per heavy atom. The van der Waals surface area contributed by atoms with Crippen LogP contribution < -0.4 is 0 Å². The van der Waals surface area contributed by atoms with Gasteiger partial charge in [0.15, 0.2) is 0 Å². The minimum Gasteiger partial charge on any atom is -0.321 e. The number of alkyl halides is 1. The summed E-state index contributed by atoms with van der Waals surface area (Å²) in [6, 6.07) is 9.69. The van der Waals surface area contributed by atoms with Crippen LogP contribution in [0.5, 0.6) is 0 Å². The number of hydrogen-bond acceptors (Lipinski definition) is 2. The number of aryl methyl sites for hydroxylation is 1. The third-order valence-electron chi connectivity index (χ3n) is 3.33. The maximum absolute atomic E-state index is 6.01. The lowest BCUT2D eigenvalue weighted by atomic mass is 10.2. The first kappa shape index (κ1) is 13.4. The zero-order valence-corrected chi connectivity index (χ0v) is 12.5. The van der Waals surface area contributed by atoms with Crippen molar-refractivity contribution in [3.8, 4) is 0 Å². The van der Waals surface area contributed by atoms with Gasteiger partial charge in [0, 0.05) is 11.2 Å². The summed E-state index contributed by atoms with van der Waals surface area (Å²) in [5, 5.41) is 0.678. The van der Waals surface area contributed by atoms with E-state index >= 15 is 0 Å². The van der Waals surface area contributed by atoms with E-state index in [0.29, 0.717) is 17.4 Å². The number of hydrogen-bond donors (Lipinski definition) is 0. The molecule has 5 heteroatoms. The summed E-state index contributed by atoms with van der Waals surface area (Å²) in [6.07, 6.45) is 1.80. The molecule has 1 aromatic carbocycles. The van der Waals surface area contributed by atoms with Crippen molar-refractivity contribution in [2.45, 2.75) is 19.3 Å². The van der Waals surface area contributed by atoms with Crippen LogP contribution in [0.4, 0.5) is 0 Å². The molecule has 0 saturated heterocycles. The smallest absolute Gasteiger partial charge is 0.125 e. The standard InChI is InChI=1S/C15H13Cl2N3/c1-10-3-2-6-18-13(10)9-20-14-5-4-11(17)7-12(14)19-15(20)8-16/h2-7H,8-9H2,1H3. The minimum absolute atomic E-state index is 0.359. The predicted octanol–water partition coefficient (Wildman–Crippen LogP) is 4.18. The van der Waals surface area contributed by atoms with Crippen molar-refractivity contribution >= 4 is 34.2 Å². The molecule has 2 aromatic heterocycles. The molecule has 102 valence electrons. The van der Waals surface area contributed by atoms with Crippen LogP contribution in [0.2, 0.25) is 5.02 Å². The summed E-state index contributed by atoms with van der Waals surface area (Å²) in [5.74, 6) is 1.19. The Hall–Kier alpha value is -1.58.